The van der Waals surface area contributed by atoms with Crippen LogP contribution >= 0.6 is 0 Å². The van der Waals surface area contributed by atoms with Gasteiger partial charge in [-0.2, -0.15) is 0 Å². The molecule has 116 valence electrons. The Bertz CT molecular complexity index is 476. The highest BCUT2D eigenvalue weighted by Crippen LogP contribution is 2.19. The summed E-state index contributed by atoms with van der Waals surface area (Å²) in [4.78, 5) is 16.7. The molecule has 2 rings (SSSR count). The van der Waals surface area contributed by atoms with Gasteiger partial charge in [-0.15, -0.1) is 0 Å². The van der Waals surface area contributed by atoms with E-state index in [2.05, 4.69) is 23.8 Å². The van der Waals surface area contributed by atoms with Gasteiger partial charge in [0.25, 0.3) is 0 Å². The molecule has 1 aromatic rings. The van der Waals surface area contributed by atoms with E-state index in [1.165, 1.54) is 26.5 Å². The average Bonchev–Trinajstić information content (AvgIpc) is 2.94. The zero-order chi connectivity index (χ0) is 15.2. The molecule has 0 radical (unpaired) electrons. The summed E-state index contributed by atoms with van der Waals surface area (Å²) in [5.41, 5.74) is 1.71. The van der Waals surface area contributed by atoms with Gasteiger partial charge in [0, 0.05) is 19.1 Å². The molecule has 4 nitrogen and oxygen atoms in total. The van der Waals surface area contributed by atoms with E-state index in [4.69, 9.17) is 4.74 Å². The maximum absolute atomic E-state index is 11.8. The first-order valence-corrected chi connectivity index (χ1v) is 7.74. The van der Waals surface area contributed by atoms with Crippen molar-refractivity contribution in [3.63, 3.8) is 0 Å². The Balaban J connectivity index is 1.99. The lowest BCUT2D eigenvalue weighted by Gasteiger charge is -2.28. The minimum Gasteiger partial charge on any atom is -0.465 e. The molecular formula is C17H26N2O2. The van der Waals surface area contributed by atoms with Crippen molar-refractivity contribution in [2.75, 3.05) is 33.8 Å². The fourth-order valence-electron chi connectivity index (χ4n) is 3.20. The lowest BCUT2D eigenvalue weighted by molar-refractivity contribution is 0.0598. The third-order valence-electron chi connectivity index (χ3n) is 4.29. The van der Waals surface area contributed by atoms with Crippen LogP contribution in [0.15, 0.2) is 24.3 Å². The summed E-state index contributed by atoms with van der Waals surface area (Å²) in [5.74, 6) is -0.255. The van der Waals surface area contributed by atoms with Gasteiger partial charge < -0.3 is 9.64 Å². The first-order chi connectivity index (χ1) is 10.2. The number of rotatable bonds is 6. The van der Waals surface area contributed by atoms with Gasteiger partial charge in [-0.3, -0.25) is 4.90 Å². The van der Waals surface area contributed by atoms with Crippen LogP contribution in [-0.4, -0.2) is 55.6 Å². The van der Waals surface area contributed by atoms with Gasteiger partial charge in [-0.1, -0.05) is 25.1 Å². The number of likely N-dealkylation sites (tertiary alicyclic amines) is 1. The third kappa shape index (κ3) is 4.05. The monoisotopic (exact) mass is 290 g/mol. The summed E-state index contributed by atoms with van der Waals surface area (Å²) in [6.07, 6.45) is 2.57. The molecule has 0 spiro atoms. The van der Waals surface area contributed by atoms with Crippen LogP contribution < -0.4 is 0 Å². The minimum absolute atomic E-state index is 0.255. The molecule has 4 heteroatoms. The largest absolute Gasteiger partial charge is 0.465 e. The first kappa shape index (κ1) is 16.0. The number of ether oxygens (including phenoxy) is 1. The van der Waals surface area contributed by atoms with Crippen LogP contribution in [0.4, 0.5) is 0 Å². The van der Waals surface area contributed by atoms with Crippen LogP contribution in [0, 0.1) is 0 Å². The van der Waals surface area contributed by atoms with Crippen molar-refractivity contribution in [1.29, 1.82) is 0 Å². The Labute approximate surface area is 127 Å². The molecule has 1 aliphatic heterocycles. The van der Waals surface area contributed by atoms with E-state index in [1.807, 2.05) is 24.3 Å². The molecule has 0 N–H and O–H groups in total. The molecule has 1 atom stereocenters. The number of hydrogen-bond donors (Lipinski definition) is 0. The second kappa shape index (κ2) is 7.57. The van der Waals surface area contributed by atoms with E-state index in [9.17, 15) is 4.79 Å². The van der Waals surface area contributed by atoms with Crippen LogP contribution in [0.3, 0.4) is 0 Å². The molecule has 1 fully saturated rings. The Hall–Kier alpha value is -1.39. The summed E-state index contributed by atoms with van der Waals surface area (Å²) in [6.45, 7) is 6.39. The third-order valence-corrected chi connectivity index (χ3v) is 4.29. The quantitative estimate of drug-likeness (QED) is 0.753. The second-order valence-electron chi connectivity index (χ2n) is 5.77. The zero-order valence-corrected chi connectivity index (χ0v) is 13.3. The average molecular weight is 290 g/mol. The molecule has 0 saturated carbocycles. The molecule has 0 bridgehead atoms. The molecule has 1 aromatic carbocycles. The molecule has 0 aliphatic carbocycles. The predicted octanol–water partition coefficient (Wildman–Crippen LogP) is 2.39. The van der Waals surface area contributed by atoms with Gasteiger partial charge in [-0.05, 0) is 44.6 Å². The Morgan fingerprint density at radius 3 is 2.90 bits per heavy atom. The van der Waals surface area contributed by atoms with Crippen molar-refractivity contribution in [2.24, 2.45) is 0 Å². The van der Waals surface area contributed by atoms with Gasteiger partial charge in [0.1, 0.15) is 0 Å². The number of carbonyl (C=O) groups is 1. The van der Waals surface area contributed by atoms with E-state index in [1.54, 1.807) is 0 Å². The summed E-state index contributed by atoms with van der Waals surface area (Å²) in [7, 11) is 3.56. The summed E-state index contributed by atoms with van der Waals surface area (Å²) >= 11 is 0. The van der Waals surface area contributed by atoms with Crippen LogP contribution in [0.2, 0.25) is 0 Å². The van der Waals surface area contributed by atoms with Crippen molar-refractivity contribution < 1.29 is 9.53 Å². The topological polar surface area (TPSA) is 32.8 Å². The minimum atomic E-state index is -0.255. The van der Waals surface area contributed by atoms with Gasteiger partial charge in [0.2, 0.25) is 0 Å². The highest BCUT2D eigenvalue weighted by molar-refractivity contribution is 5.90. The van der Waals surface area contributed by atoms with E-state index in [-0.39, 0.29) is 5.97 Å². The van der Waals surface area contributed by atoms with Gasteiger partial charge in [0.15, 0.2) is 0 Å². The standard InChI is InChI=1S/C17H26N2O2/c1-4-19-11-7-9-15(19)13-18(2)12-14-8-5-6-10-16(14)17(20)21-3/h5-6,8,10,15H,4,7,9,11-13H2,1-3H3. The van der Waals surface area contributed by atoms with Crippen molar-refractivity contribution in [1.82, 2.24) is 9.80 Å². The normalized spacial score (nSPS) is 19.1. The smallest absolute Gasteiger partial charge is 0.338 e. The molecule has 1 aliphatic rings. The SMILES string of the molecule is CCN1CCCC1CN(C)Cc1ccccc1C(=O)OC. The van der Waals surface area contributed by atoms with Crippen LogP contribution in [0.25, 0.3) is 0 Å². The number of carbonyl (C=O) groups excluding carboxylic acids is 1. The summed E-state index contributed by atoms with van der Waals surface area (Å²) in [6, 6.07) is 8.35. The number of nitrogens with zero attached hydrogens (tertiary/aromatic N) is 2. The number of esters is 1. The van der Waals surface area contributed by atoms with Crippen molar-refractivity contribution >= 4 is 5.97 Å². The number of benzene rings is 1. The molecule has 0 amide bonds. The summed E-state index contributed by atoms with van der Waals surface area (Å²) in [5, 5.41) is 0. The molecule has 1 heterocycles. The fraction of sp³-hybridized carbons (Fsp3) is 0.588. The number of methoxy groups -OCH3 is 1. The maximum Gasteiger partial charge on any atom is 0.338 e. The van der Waals surface area contributed by atoms with Crippen molar-refractivity contribution in [2.45, 2.75) is 32.4 Å². The zero-order valence-electron chi connectivity index (χ0n) is 13.3. The molecule has 1 unspecified atom stereocenters. The highest BCUT2D eigenvalue weighted by Gasteiger charge is 2.24. The molecule has 1 saturated heterocycles. The second-order valence-corrected chi connectivity index (χ2v) is 5.77. The van der Waals surface area contributed by atoms with Gasteiger partial charge >= 0.3 is 5.97 Å². The predicted molar refractivity (Wildman–Crippen MR) is 84.4 cm³/mol. The van der Waals surface area contributed by atoms with E-state index >= 15 is 0 Å². The Kier molecular flexibility index (Phi) is 5.76. The number of likely N-dealkylation sites (N-methyl/N-ethyl adjacent to an activating group) is 2. The van der Waals surface area contributed by atoms with Crippen molar-refractivity contribution in [3.05, 3.63) is 35.4 Å². The lowest BCUT2D eigenvalue weighted by Crippen LogP contribution is -2.38. The van der Waals surface area contributed by atoms with Crippen LogP contribution in [0.5, 0.6) is 0 Å². The molecule has 21 heavy (non-hydrogen) atoms. The van der Waals surface area contributed by atoms with E-state index < -0.39 is 0 Å². The van der Waals surface area contributed by atoms with Crippen LogP contribution in [0.1, 0.15) is 35.7 Å². The Morgan fingerprint density at radius 2 is 2.19 bits per heavy atom. The summed E-state index contributed by atoms with van der Waals surface area (Å²) < 4.78 is 4.86. The van der Waals surface area contributed by atoms with E-state index in [0.717, 1.165) is 25.2 Å². The van der Waals surface area contributed by atoms with E-state index in [0.29, 0.717) is 11.6 Å². The van der Waals surface area contributed by atoms with Gasteiger partial charge in [0.05, 0.1) is 12.7 Å². The molecule has 0 aromatic heterocycles. The fourth-order valence-corrected chi connectivity index (χ4v) is 3.20. The number of hydrogen-bond acceptors (Lipinski definition) is 4. The molecular weight excluding hydrogens is 264 g/mol. The van der Waals surface area contributed by atoms with Crippen LogP contribution in [-0.2, 0) is 11.3 Å². The maximum atomic E-state index is 11.8. The van der Waals surface area contributed by atoms with Crippen molar-refractivity contribution in [3.8, 4) is 0 Å². The van der Waals surface area contributed by atoms with Gasteiger partial charge in [-0.25, -0.2) is 4.79 Å². The first-order valence-electron chi connectivity index (χ1n) is 7.74. The Morgan fingerprint density at radius 1 is 1.43 bits per heavy atom. The highest BCUT2D eigenvalue weighted by atomic mass is 16.5. The lowest BCUT2D eigenvalue weighted by atomic mass is 10.1.